The molecule has 0 bridgehead atoms. The minimum Gasteiger partial charge on any atom is -0.127 e. The zero-order chi connectivity index (χ0) is 17.2. The van der Waals surface area contributed by atoms with Crippen molar-refractivity contribution < 1.29 is 0 Å². The quantitative estimate of drug-likeness (QED) is 0.334. The van der Waals surface area contributed by atoms with Gasteiger partial charge in [-0.25, -0.2) is 0 Å². The van der Waals surface area contributed by atoms with Crippen molar-refractivity contribution in [3.63, 3.8) is 0 Å². The van der Waals surface area contributed by atoms with Gasteiger partial charge in [-0.05, 0) is 61.4 Å². The fourth-order valence-electron chi connectivity index (χ4n) is 1.80. The molecule has 0 saturated heterocycles. The van der Waals surface area contributed by atoms with Crippen molar-refractivity contribution in [3.05, 3.63) is 81.4 Å². The summed E-state index contributed by atoms with van der Waals surface area (Å²) < 4.78 is 0. The molecule has 3 heteroatoms. The lowest BCUT2D eigenvalue weighted by atomic mass is 10.1. The third-order valence-electron chi connectivity index (χ3n) is 3.06. The Balaban J connectivity index is 2.21. The molecule has 120 valence electrons. The van der Waals surface area contributed by atoms with Crippen molar-refractivity contribution in [2.45, 2.75) is 12.8 Å². The molecule has 2 aromatic rings. The summed E-state index contributed by atoms with van der Waals surface area (Å²) in [7, 11) is 0. The molecule has 0 aromatic heterocycles. The van der Waals surface area contributed by atoms with E-state index in [2.05, 4.69) is 23.7 Å². The summed E-state index contributed by atoms with van der Waals surface area (Å²) in [5.41, 5.74) is 2.58. The lowest BCUT2D eigenvalue weighted by molar-refractivity contribution is 0.964. The first-order valence-corrected chi connectivity index (χ1v) is 8.78. The van der Waals surface area contributed by atoms with E-state index >= 15 is 0 Å². The number of allylic oxidation sites excluding steroid dienone is 2. The molecule has 2 aromatic carbocycles. The van der Waals surface area contributed by atoms with E-state index in [1.165, 1.54) is 0 Å². The standard InChI is InChI=1S/C21H15Cl3/c22-16-2-1-3-17(4-6-18-8-12-20(23)13-9-18)5-7-19-10-14-21(24)15-11-19/h3,8-15H,1-2,16H2. The van der Waals surface area contributed by atoms with Crippen molar-refractivity contribution in [3.8, 4) is 23.7 Å². The van der Waals surface area contributed by atoms with Crippen molar-refractivity contribution in [2.24, 2.45) is 0 Å². The second-order valence-electron chi connectivity index (χ2n) is 4.96. The van der Waals surface area contributed by atoms with Crippen LogP contribution in [0.5, 0.6) is 0 Å². The third kappa shape index (κ3) is 6.74. The van der Waals surface area contributed by atoms with Gasteiger partial charge in [0.25, 0.3) is 0 Å². The van der Waals surface area contributed by atoms with Crippen LogP contribution in [0.3, 0.4) is 0 Å². The Morgan fingerprint density at radius 3 is 1.67 bits per heavy atom. The van der Waals surface area contributed by atoms with Gasteiger partial charge in [0.1, 0.15) is 0 Å². The highest BCUT2D eigenvalue weighted by atomic mass is 35.5. The van der Waals surface area contributed by atoms with Crippen LogP contribution in [-0.2, 0) is 0 Å². The topological polar surface area (TPSA) is 0 Å². The summed E-state index contributed by atoms with van der Waals surface area (Å²) in [5, 5.41) is 1.39. The molecule has 0 unspecified atom stereocenters. The molecule has 0 heterocycles. The molecule has 0 aliphatic carbocycles. The molecule has 2 rings (SSSR count). The van der Waals surface area contributed by atoms with Gasteiger partial charge in [0, 0.05) is 27.1 Å². The molecule has 24 heavy (non-hydrogen) atoms. The minimum absolute atomic E-state index is 0.624. The molecule has 0 saturated carbocycles. The van der Waals surface area contributed by atoms with Crippen LogP contribution in [-0.4, -0.2) is 5.88 Å². The van der Waals surface area contributed by atoms with Gasteiger partial charge in [0.05, 0.1) is 5.57 Å². The average Bonchev–Trinajstić information content (AvgIpc) is 2.60. The molecular weight excluding hydrogens is 359 g/mol. The first-order valence-electron chi connectivity index (χ1n) is 7.48. The van der Waals surface area contributed by atoms with Gasteiger partial charge in [0.2, 0.25) is 0 Å². The van der Waals surface area contributed by atoms with Gasteiger partial charge in [0.15, 0.2) is 0 Å². The molecule has 0 fully saturated rings. The first kappa shape index (κ1) is 18.5. The van der Waals surface area contributed by atoms with Crippen LogP contribution < -0.4 is 0 Å². The Labute approximate surface area is 158 Å². The Morgan fingerprint density at radius 2 is 1.25 bits per heavy atom. The van der Waals surface area contributed by atoms with Crippen LogP contribution in [0, 0.1) is 23.7 Å². The lowest BCUT2D eigenvalue weighted by Gasteiger charge is -1.93. The number of hydrogen-bond donors (Lipinski definition) is 0. The molecule has 0 spiro atoms. The van der Waals surface area contributed by atoms with Gasteiger partial charge < -0.3 is 0 Å². The highest BCUT2D eigenvalue weighted by Gasteiger charge is 1.92. The number of unbranched alkanes of at least 4 members (excludes halogenated alkanes) is 1. The maximum absolute atomic E-state index is 5.88. The number of halogens is 3. The van der Waals surface area contributed by atoms with E-state index in [9.17, 15) is 0 Å². The largest absolute Gasteiger partial charge is 0.127 e. The second-order valence-corrected chi connectivity index (χ2v) is 6.21. The Bertz CT molecular complexity index is 742. The van der Waals surface area contributed by atoms with Crippen LogP contribution in [0.2, 0.25) is 10.0 Å². The maximum atomic E-state index is 5.88. The van der Waals surface area contributed by atoms with Crippen LogP contribution in [0.1, 0.15) is 24.0 Å². The minimum atomic E-state index is 0.624. The summed E-state index contributed by atoms with van der Waals surface area (Å²) >= 11 is 17.5. The van der Waals surface area contributed by atoms with Crippen LogP contribution in [0.4, 0.5) is 0 Å². The summed E-state index contributed by atoms with van der Waals surface area (Å²) in [6, 6.07) is 14.8. The van der Waals surface area contributed by atoms with Crippen LogP contribution >= 0.6 is 34.8 Å². The number of hydrogen-bond acceptors (Lipinski definition) is 0. The second kappa shape index (κ2) is 10.1. The molecule has 0 aliphatic rings. The summed E-state index contributed by atoms with van der Waals surface area (Å²) in [6.07, 6.45) is 3.77. The molecule has 0 atom stereocenters. The number of rotatable bonds is 3. The molecule has 0 aliphatic heterocycles. The van der Waals surface area contributed by atoms with Crippen LogP contribution in [0.25, 0.3) is 0 Å². The molecule has 0 amide bonds. The SMILES string of the molecule is ClCCCC=C(C#Cc1ccc(Cl)cc1)C#Cc1ccc(Cl)cc1. The van der Waals surface area contributed by atoms with E-state index in [1.807, 2.05) is 54.6 Å². The molecule has 0 nitrogen and oxygen atoms in total. The van der Waals surface area contributed by atoms with E-state index < -0.39 is 0 Å². The van der Waals surface area contributed by atoms with Gasteiger partial charge in [-0.3, -0.25) is 0 Å². The fraction of sp³-hybridized carbons (Fsp3) is 0.143. The predicted molar refractivity (Wildman–Crippen MR) is 105 cm³/mol. The Hall–Kier alpha value is -1.83. The number of benzene rings is 2. The Kier molecular flexibility index (Phi) is 7.81. The highest BCUT2D eigenvalue weighted by Crippen LogP contribution is 2.10. The average molecular weight is 374 g/mol. The van der Waals surface area contributed by atoms with Crippen LogP contribution in [0.15, 0.2) is 60.2 Å². The first-order chi connectivity index (χ1) is 11.7. The zero-order valence-electron chi connectivity index (χ0n) is 13.0. The summed E-state index contributed by atoms with van der Waals surface area (Å²) in [6.45, 7) is 0. The fourth-order valence-corrected chi connectivity index (χ4v) is 2.21. The smallest absolute Gasteiger partial charge is 0.0711 e. The van der Waals surface area contributed by atoms with E-state index in [0.29, 0.717) is 15.9 Å². The lowest BCUT2D eigenvalue weighted by Crippen LogP contribution is -1.80. The normalized spacial score (nSPS) is 9.29. The summed E-state index contributed by atoms with van der Waals surface area (Å²) in [4.78, 5) is 0. The van der Waals surface area contributed by atoms with Crippen molar-refractivity contribution in [2.75, 3.05) is 5.88 Å². The predicted octanol–water partition coefficient (Wildman–Crippen LogP) is 6.34. The summed E-state index contributed by atoms with van der Waals surface area (Å²) in [5.74, 6) is 13.1. The van der Waals surface area contributed by atoms with E-state index in [4.69, 9.17) is 34.8 Å². The Morgan fingerprint density at radius 1 is 0.792 bits per heavy atom. The number of alkyl halides is 1. The van der Waals surface area contributed by atoms with E-state index in [1.54, 1.807) is 0 Å². The molecule has 0 radical (unpaired) electrons. The van der Waals surface area contributed by atoms with Crippen molar-refractivity contribution >= 4 is 34.8 Å². The van der Waals surface area contributed by atoms with Crippen molar-refractivity contribution in [1.82, 2.24) is 0 Å². The highest BCUT2D eigenvalue weighted by molar-refractivity contribution is 6.30. The molecular formula is C21H15Cl3. The monoisotopic (exact) mass is 372 g/mol. The van der Waals surface area contributed by atoms with Gasteiger partial charge in [-0.15, -0.1) is 11.6 Å². The van der Waals surface area contributed by atoms with E-state index in [-0.39, 0.29) is 0 Å². The maximum Gasteiger partial charge on any atom is 0.0711 e. The van der Waals surface area contributed by atoms with Gasteiger partial charge >= 0.3 is 0 Å². The zero-order valence-corrected chi connectivity index (χ0v) is 15.2. The van der Waals surface area contributed by atoms with Crippen molar-refractivity contribution in [1.29, 1.82) is 0 Å². The van der Waals surface area contributed by atoms with Gasteiger partial charge in [-0.2, -0.15) is 0 Å². The van der Waals surface area contributed by atoms with Gasteiger partial charge in [-0.1, -0.05) is 53.0 Å². The van der Waals surface area contributed by atoms with E-state index in [0.717, 1.165) is 29.5 Å². The third-order valence-corrected chi connectivity index (χ3v) is 3.83. The molecule has 0 N–H and O–H groups in total.